The Labute approximate surface area is 177 Å². The van der Waals surface area contributed by atoms with Gasteiger partial charge in [-0.15, -0.1) is 13.2 Å². The van der Waals surface area contributed by atoms with Gasteiger partial charge in [-0.25, -0.2) is 8.42 Å². The number of fused-ring (bicyclic) bond motifs is 1. The summed E-state index contributed by atoms with van der Waals surface area (Å²) in [6.45, 7) is 2.32. The molecule has 3 aromatic rings. The Hall–Kier alpha value is -2.69. The van der Waals surface area contributed by atoms with E-state index in [4.69, 9.17) is 0 Å². The van der Waals surface area contributed by atoms with Gasteiger partial charge < -0.3 is 4.74 Å². The highest BCUT2D eigenvalue weighted by Crippen LogP contribution is 2.26. The molecule has 1 aliphatic rings. The SMILES string of the molecule is O=S(=O)(c1ccc(OC(F)(F)F)cc1)N1CCN(Cc2cccc3cccnc23)CC1. The van der Waals surface area contributed by atoms with Crippen molar-refractivity contribution in [3.05, 3.63) is 66.4 Å². The average molecular weight is 451 g/mol. The van der Waals surface area contributed by atoms with Crippen LogP contribution in [0.2, 0.25) is 0 Å². The zero-order chi connectivity index (χ0) is 22.1. The van der Waals surface area contributed by atoms with E-state index in [0.717, 1.165) is 40.7 Å². The highest BCUT2D eigenvalue weighted by molar-refractivity contribution is 7.89. The minimum atomic E-state index is -4.82. The van der Waals surface area contributed by atoms with Crippen molar-refractivity contribution in [2.24, 2.45) is 0 Å². The van der Waals surface area contributed by atoms with Gasteiger partial charge in [0, 0.05) is 44.3 Å². The molecule has 0 radical (unpaired) electrons. The third-order valence-corrected chi connectivity index (χ3v) is 7.05. The highest BCUT2D eigenvalue weighted by Gasteiger charge is 2.32. The second-order valence-corrected chi connectivity index (χ2v) is 9.13. The summed E-state index contributed by atoms with van der Waals surface area (Å²) >= 11 is 0. The Morgan fingerprint density at radius 2 is 1.61 bits per heavy atom. The first-order valence-corrected chi connectivity index (χ1v) is 11.1. The van der Waals surface area contributed by atoms with E-state index < -0.39 is 22.1 Å². The van der Waals surface area contributed by atoms with Crippen LogP contribution in [0.1, 0.15) is 5.56 Å². The van der Waals surface area contributed by atoms with Crippen molar-refractivity contribution in [2.45, 2.75) is 17.8 Å². The van der Waals surface area contributed by atoms with Crippen molar-refractivity contribution in [3.63, 3.8) is 0 Å². The minimum Gasteiger partial charge on any atom is -0.406 e. The summed E-state index contributed by atoms with van der Waals surface area (Å²) in [4.78, 5) is 6.56. The van der Waals surface area contributed by atoms with Crippen LogP contribution in [0.3, 0.4) is 0 Å². The first-order valence-electron chi connectivity index (χ1n) is 9.63. The molecule has 1 aromatic heterocycles. The van der Waals surface area contributed by atoms with Gasteiger partial charge in [0.25, 0.3) is 0 Å². The van der Waals surface area contributed by atoms with Crippen LogP contribution >= 0.6 is 0 Å². The number of hydrogen-bond donors (Lipinski definition) is 0. The number of nitrogens with zero attached hydrogens (tertiary/aromatic N) is 3. The van der Waals surface area contributed by atoms with Gasteiger partial charge in [-0.1, -0.05) is 24.3 Å². The van der Waals surface area contributed by atoms with E-state index in [1.807, 2.05) is 30.3 Å². The van der Waals surface area contributed by atoms with Crippen LogP contribution in [0.15, 0.2) is 65.7 Å². The van der Waals surface area contributed by atoms with Crippen LogP contribution in [0.5, 0.6) is 5.75 Å². The quantitative estimate of drug-likeness (QED) is 0.593. The van der Waals surface area contributed by atoms with Crippen LogP contribution in [-0.2, 0) is 16.6 Å². The zero-order valence-corrected chi connectivity index (χ0v) is 17.2. The van der Waals surface area contributed by atoms with E-state index in [1.54, 1.807) is 6.20 Å². The van der Waals surface area contributed by atoms with E-state index >= 15 is 0 Å². The number of aromatic nitrogens is 1. The van der Waals surface area contributed by atoms with Crippen molar-refractivity contribution in [2.75, 3.05) is 26.2 Å². The average Bonchev–Trinajstić information content (AvgIpc) is 2.74. The standard InChI is InChI=1S/C21H20F3N3O3S/c22-21(23,24)30-18-6-8-19(9-7-18)31(28,29)27-13-11-26(12-14-27)15-17-4-1-3-16-5-2-10-25-20(16)17/h1-10H,11-15H2. The Morgan fingerprint density at radius 1 is 0.935 bits per heavy atom. The lowest BCUT2D eigenvalue weighted by molar-refractivity contribution is -0.274. The molecular weight excluding hydrogens is 431 g/mol. The molecule has 0 N–H and O–H groups in total. The van der Waals surface area contributed by atoms with E-state index in [-0.39, 0.29) is 4.90 Å². The second-order valence-electron chi connectivity index (χ2n) is 7.19. The third-order valence-electron chi connectivity index (χ3n) is 5.14. The number of halogens is 3. The van der Waals surface area contributed by atoms with Crippen molar-refractivity contribution in [1.82, 2.24) is 14.2 Å². The van der Waals surface area contributed by atoms with Crippen molar-refractivity contribution in [1.29, 1.82) is 0 Å². The Kier molecular flexibility index (Phi) is 5.87. The molecule has 4 rings (SSSR count). The maximum absolute atomic E-state index is 12.9. The van der Waals surface area contributed by atoms with Gasteiger partial charge in [0.05, 0.1) is 10.4 Å². The fraction of sp³-hybridized carbons (Fsp3) is 0.286. The van der Waals surface area contributed by atoms with Crippen molar-refractivity contribution < 1.29 is 26.3 Å². The van der Waals surface area contributed by atoms with E-state index in [9.17, 15) is 21.6 Å². The summed E-state index contributed by atoms with van der Waals surface area (Å²) in [7, 11) is -3.80. The number of piperazine rings is 1. The van der Waals surface area contributed by atoms with Crippen LogP contribution in [-0.4, -0.2) is 55.1 Å². The largest absolute Gasteiger partial charge is 0.573 e. The molecule has 6 nitrogen and oxygen atoms in total. The number of benzene rings is 2. The third kappa shape index (κ3) is 4.97. The number of alkyl halides is 3. The lowest BCUT2D eigenvalue weighted by Gasteiger charge is -2.34. The summed E-state index contributed by atoms with van der Waals surface area (Å²) < 4.78 is 67.7. The molecule has 0 amide bonds. The van der Waals surface area contributed by atoms with Crippen molar-refractivity contribution >= 4 is 20.9 Å². The molecule has 10 heteroatoms. The molecule has 0 saturated carbocycles. The maximum atomic E-state index is 12.9. The van der Waals surface area contributed by atoms with Crippen molar-refractivity contribution in [3.8, 4) is 5.75 Å². The summed E-state index contributed by atoms with van der Waals surface area (Å²) in [6, 6.07) is 14.2. The number of sulfonamides is 1. The van der Waals surface area contributed by atoms with E-state index in [0.29, 0.717) is 32.7 Å². The van der Waals surface area contributed by atoms with Crippen LogP contribution in [0.4, 0.5) is 13.2 Å². The summed E-state index contributed by atoms with van der Waals surface area (Å²) in [6.07, 6.45) is -3.07. The molecule has 164 valence electrons. The Morgan fingerprint density at radius 3 is 2.29 bits per heavy atom. The molecule has 0 aliphatic carbocycles. The van der Waals surface area contributed by atoms with Gasteiger partial charge in [-0.2, -0.15) is 4.31 Å². The van der Waals surface area contributed by atoms with Gasteiger partial charge >= 0.3 is 6.36 Å². The molecule has 0 bridgehead atoms. The first kappa shape index (κ1) is 21.5. The molecule has 0 atom stereocenters. The second kappa shape index (κ2) is 8.45. The summed E-state index contributed by atoms with van der Waals surface area (Å²) in [5, 5.41) is 1.05. The lowest BCUT2D eigenvalue weighted by atomic mass is 10.1. The van der Waals surface area contributed by atoms with E-state index in [1.165, 1.54) is 4.31 Å². The number of para-hydroxylation sites is 1. The minimum absolute atomic E-state index is 0.0614. The fourth-order valence-corrected chi connectivity index (χ4v) is 5.05. The Balaban J connectivity index is 1.41. The molecule has 2 aromatic carbocycles. The number of pyridine rings is 1. The Bertz CT molecular complexity index is 1150. The van der Waals surface area contributed by atoms with Gasteiger partial charge in [0.2, 0.25) is 10.0 Å². The highest BCUT2D eigenvalue weighted by atomic mass is 32.2. The summed E-state index contributed by atoms with van der Waals surface area (Å²) in [5.74, 6) is -0.458. The number of rotatable bonds is 5. The normalized spacial score (nSPS) is 16.5. The monoisotopic (exact) mass is 451 g/mol. The molecular formula is C21H20F3N3O3S. The fourth-order valence-electron chi connectivity index (χ4n) is 3.63. The maximum Gasteiger partial charge on any atom is 0.573 e. The molecule has 1 aliphatic heterocycles. The van der Waals surface area contributed by atoms with Gasteiger partial charge in [-0.05, 0) is 35.9 Å². The first-order chi connectivity index (χ1) is 14.7. The molecule has 0 spiro atoms. The van der Waals surface area contributed by atoms with Gasteiger partial charge in [-0.3, -0.25) is 9.88 Å². The number of ether oxygens (including phenoxy) is 1. The molecule has 1 fully saturated rings. The van der Waals surface area contributed by atoms with Gasteiger partial charge in [0.1, 0.15) is 5.75 Å². The predicted octanol–water partition coefficient (Wildman–Crippen LogP) is 3.64. The topological polar surface area (TPSA) is 62.7 Å². The zero-order valence-electron chi connectivity index (χ0n) is 16.4. The molecule has 0 unspecified atom stereocenters. The lowest BCUT2D eigenvalue weighted by Crippen LogP contribution is -2.48. The number of hydrogen-bond acceptors (Lipinski definition) is 5. The van der Waals surface area contributed by atoms with Crippen LogP contribution in [0, 0.1) is 0 Å². The predicted molar refractivity (Wildman–Crippen MR) is 109 cm³/mol. The summed E-state index contributed by atoms with van der Waals surface area (Å²) in [5.41, 5.74) is 2.01. The van der Waals surface area contributed by atoms with Crippen LogP contribution in [0.25, 0.3) is 10.9 Å². The molecule has 1 saturated heterocycles. The van der Waals surface area contributed by atoms with Crippen LogP contribution < -0.4 is 4.74 Å². The van der Waals surface area contributed by atoms with Gasteiger partial charge in [0.15, 0.2) is 0 Å². The molecule has 31 heavy (non-hydrogen) atoms. The van der Waals surface area contributed by atoms with E-state index in [2.05, 4.69) is 14.6 Å². The smallest absolute Gasteiger partial charge is 0.406 e. The molecule has 2 heterocycles.